The van der Waals surface area contributed by atoms with Gasteiger partial charge in [0, 0.05) is 11.4 Å². The first kappa shape index (κ1) is 11.5. The average molecular weight is 240 g/mol. The highest BCUT2D eigenvalue weighted by Crippen LogP contribution is 2.26. The fraction of sp³-hybridized carbons (Fsp3) is 0.438. The van der Waals surface area contributed by atoms with Crippen molar-refractivity contribution >= 4 is 16.6 Å². The van der Waals surface area contributed by atoms with E-state index in [0.29, 0.717) is 6.04 Å². The zero-order chi connectivity index (χ0) is 12.4. The van der Waals surface area contributed by atoms with Gasteiger partial charge in [-0.25, -0.2) is 0 Å². The Labute approximate surface area is 108 Å². The van der Waals surface area contributed by atoms with Crippen LogP contribution in [0.25, 0.3) is 10.9 Å². The van der Waals surface area contributed by atoms with Gasteiger partial charge in [-0.05, 0) is 30.9 Å². The standard InChI is InChI=1S/C16H20N2/c1-12-5-4-7-14(9-12)18-15-10-13-6-2-3-8-16(13)17-11-15/h2-3,6,8,10-12,14,18H,4-5,7,9H2,1H3. The molecular weight excluding hydrogens is 220 g/mol. The van der Waals surface area contributed by atoms with Gasteiger partial charge >= 0.3 is 0 Å². The summed E-state index contributed by atoms with van der Waals surface area (Å²) in [6, 6.07) is 11.1. The second-order valence-corrected chi connectivity index (χ2v) is 5.53. The third kappa shape index (κ3) is 2.47. The Bertz CT molecular complexity index is 535. The fourth-order valence-electron chi connectivity index (χ4n) is 2.95. The highest BCUT2D eigenvalue weighted by atomic mass is 14.9. The van der Waals surface area contributed by atoms with Gasteiger partial charge in [0.15, 0.2) is 0 Å². The van der Waals surface area contributed by atoms with E-state index in [9.17, 15) is 0 Å². The molecule has 1 N–H and O–H groups in total. The molecule has 1 aromatic heterocycles. The Morgan fingerprint density at radius 2 is 2.11 bits per heavy atom. The van der Waals surface area contributed by atoms with Gasteiger partial charge in [0.05, 0.1) is 17.4 Å². The van der Waals surface area contributed by atoms with Crippen LogP contribution in [0.2, 0.25) is 0 Å². The first-order chi connectivity index (χ1) is 8.81. The number of benzene rings is 1. The lowest BCUT2D eigenvalue weighted by Crippen LogP contribution is -2.26. The molecule has 2 unspecified atom stereocenters. The van der Waals surface area contributed by atoms with Gasteiger partial charge < -0.3 is 5.32 Å². The maximum Gasteiger partial charge on any atom is 0.0703 e. The number of anilines is 1. The van der Waals surface area contributed by atoms with Crippen molar-refractivity contribution < 1.29 is 0 Å². The zero-order valence-corrected chi connectivity index (χ0v) is 10.9. The highest BCUT2D eigenvalue weighted by molar-refractivity contribution is 5.81. The molecule has 1 heterocycles. The van der Waals surface area contributed by atoms with E-state index in [2.05, 4.69) is 41.5 Å². The number of pyridine rings is 1. The Morgan fingerprint density at radius 1 is 1.22 bits per heavy atom. The summed E-state index contributed by atoms with van der Waals surface area (Å²) in [5.74, 6) is 0.852. The minimum absolute atomic E-state index is 0.622. The van der Waals surface area contributed by atoms with Crippen molar-refractivity contribution in [2.45, 2.75) is 38.6 Å². The van der Waals surface area contributed by atoms with Crippen LogP contribution in [0.5, 0.6) is 0 Å². The molecule has 0 bridgehead atoms. The largest absolute Gasteiger partial charge is 0.381 e. The topological polar surface area (TPSA) is 24.9 Å². The maximum atomic E-state index is 4.50. The van der Waals surface area contributed by atoms with E-state index in [1.165, 1.54) is 31.1 Å². The molecule has 1 saturated carbocycles. The van der Waals surface area contributed by atoms with Crippen LogP contribution in [0.1, 0.15) is 32.6 Å². The Hall–Kier alpha value is -1.57. The molecule has 2 heteroatoms. The normalized spacial score (nSPS) is 24.1. The monoisotopic (exact) mass is 240 g/mol. The lowest BCUT2D eigenvalue weighted by atomic mass is 9.87. The summed E-state index contributed by atoms with van der Waals surface area (Å²) in [6.45, 7) is 2.35. The van der Waals surface area contributed by atoms with Gasteiger partial charge in [0.25, 0.3) is 0 Å². The summed E-state index contributed by atoms with van der Waals surface area (Å²) in [6.07, 6.45) is 7.26. The molecular formula is C16H20N2. The average Bonchev–Trinajstić information content (AvgIpc) is 2.39. The maximum absolute atomic E-state index is 4.50. The molecule has 2 atom stereocenters. The summed E-state index contributed by atoms with van der Waals surface area (Å²) >= 11 is 0. The third-order valence-electron chi connectivity index (χ3n) is 3.90. The first-order valence-electron chi connectivity index (χ1n) is 6.92. The number of rotatable bonds is 2. The lowest BCUT2D eigenvalue weighted by molar-refractivity contribution is 0.358. The number of fused-ring (bicyclic) bond motifs is 1. The van der Waals surface area contributed by atoms with E-state index in [1.807, 2.05) is 12.3 Å². The minimum Gasteiger partial charge on any atom is -0.381 e. The van der Waals surface area contributed by atoms with Crippen molar-refractivity contribution in [1.29, 1.82) is 0 Å². The minimum atomic E-state index is 0.622. The molecule has 1 aromatic carbocycles. The van der Waals surface area contributed by atoms with E-state index in [0.717, 1.165) is 17.1 Å². The predicted octanol–water partition coefficient (Wildman–Crippen LogP) is 4.23. The van der Waals surface area contributed by atoms with Crippen LogP contribution in [-0.4, -0.2) is 11.0 Å². The van der Waals surface area contributed by atoms with Crippen molar-refractivity contribution in [2.24, 2.45) is 5.92 Å². The number of nitrogens with one attached hydrogen (secondary N) is 1. The summed E-state index contributed by atoms with van der Waals surface area (Å²) in [7, 11) is 0. The highest BCUT2D eigenvalue weighted by Gasteiger charge is 2.18. The molecule has 18 heavy (non-hydrogen) atoms. The molecule has 2 aromatic rings. The fourth-order valence-corrected chi connectivity index (χ4v) is 2.95. The van der Waals surface area contributed by atoms with Crippen LogP contribution < -0.4 is 5.32 Å². The summed E-state index contributed by atoms with van der Waals surface area (Å²) in [5.41, 5.74) is 2.23. The Kier molecular flexibility index (Phi) is 3.18. The van der Waals surface area contributed by atoms with Crippen LogP contribution in [0.3, 0.4) is 0 Å². The molecule has 0 aliphatic heterocycles. The summed E-state index contributed by atoms with van der Waals surface area (Å²) in [4.78, 5) is 4.50. The second-order valence-electron chi connectivity index (χ2n) is 5.53. The van der Waals surface area contributed by atoms with E-state index in [4.69, 9.17) is 0 Å². The molecule has 0 saturated heterocycles. The zero-order valence-electron chi connectivity index (χ0n) is 10.9. The second kappa shape index (κ2) is 4.97. The Morgan fingerprint density at radius 3 is 3.00 bits per heavy atom. The van der Waals surface area contributed by atoms with Crippen molar-refractivity contribution in [3.63, 3.8) is 0 Å². The molecule has 1 fully saturated rings. The number of hydrogen-bond acceptors (Lipinski definition) is 2. The van der Waals surface area contributed by atoms with Gasteiger partial charge in [0.1, 0.15) is 0 Å². The SMILES string of the molecule is CC1CCCC(Nc2cnc3ccccc3c2)C1. The van der Waals surface area contributed by atoms with Gasteiger partial charge in [-0.1, -0.05) is 38.0 Å². The molecule has 0 amide bonds. The van der Waals surface area contributed by atoms with E-state index < -0.39 is 0 Å². The number of hydrogen-bond donors (Lipinski definition) is 1. The molecule has 3 rings (SSSR count). The molecule has 0 spiro atoms. The van der Waals surface area contributed by atoms with E-state index in [1.54, 1.807) is 0 Å². The quantitative estimate of drug-likeness (QED) is 0.850. The molecule has 0 radical (unpaired) electrons. The molecule has 1 aliphatic carbocycles. The Balaban J connectivity index is 1.78. The van der Waals surface area contributed by atoms with Gasteiger partial charge in [-0.3, -0.25) is 4.98 Å². The molecule has 94 valence electrons. The van der Waals surface area contributed by atoms with Crippen LogP contribution in [0.15, 0.2) is 36.5 Å². The number of nitrogens with zero attached hydrogens (tertiary/aromatic N) is 1. The number of aromatic nitrogens is 1. The van der Waals surface area contributed by atoms with Crippen molar-refractivity contribution in [3.05, 3.63) is 36.5 Å². The smallest absolute Gasteiger partial charge is 0.0703 e. The molecule has 2 nitrogen and oxygen atoms in total. The first-order valence-corrected chi connectivity index (χ1v) is 6.92. The van der Waals surface area contributed by atoms with E-state index >= 15 is 0 Å². The van der Waals surface area contributed by atoms with Crippen molar-refractivity contribution in [3.8, 4) is 0 Å². The van der Waals surface area contributed by atoms with Crippen molar-refractivity contribution in [2.75, 3.05) is 5.32 Å². The van der Waals surface area contributed by atoms with Gasteiger partial charge in [-0.15, -0.1) is 0 Å². The van der Waals surface area contributed by atoms with Crippen LogP contribution in [-0.2, 0) is 0 Å². The predicted molar refractivity (Wildman–Crippen MR) is 76.8 cm³/mol. The summed E-state index contributed by atoms with van der Waals surface area (Å²) < 4.78 is 0. The summed E-state index contributed by atoms with van der Waals surface area (Å²) in [5, 5.41) is 4.86. The third-order valence-corrected chi connectivity index (χ3v) is 3.90. The molecule has 1 aliphatic rings. The van der Waals surface area contributed by atoms with Crippen LogP contribution >= 0.6 is 0 Å². The van der Waals surface area contributed by atoms with Crippen LogP contribution in [0, 0.1) is 5.92 Å². The van der Waals surface area contributed by atoms with Crippen molar-refractivity contribution in [1.82, 2.24) is 4.98 Å². The van der Waals surface area contributed by atoms with Gasteiger partial charge in [0.2, 0.25) is 0 Å². The number of para-hydroxylation sites is 1. The lowest BCUT2D eigenvalue weighted by Gasteiger charge is -2.28. The van der Waals surface area contributed by atoms with E-state index in [-0.39, 0.29) is 0 Å². The van der Waals surface area contributed by atoms with Gasteiger partial charge in [-0.2, -0.15) is 0 Å². The van der Waals surface area contributed by atoms with Crippen LogP contribution in [0.4, 0.5) is 5.69 Å².